The number of hydrogen-bond acceptors (Lipinski definition) is 3. The monoisotopic (exact) mass is 544 g/mol. The first-order valence-electron chi connectivity index (χ1n) is 12.6. The van der Waals surface area contributed by atoms with Gasteiger partial charge in [-0.3, -0.25) is 14.4 Å². The molecule has 1 atom stereocenters. The fraction of sp³-hybridized carbons (Fsp3) is 0.321. The predicted molar refractivity (Wildman–Crippen MR) is 140 cm³/mol. The van der Waals surface area contributed by atoms with Crippen molar-refractivity contribution in [1.29, 1.82) is 0 Å². The molecule has 206 valence electrons. The van der Waals surface area contributed by atoms with Crippen LogP contribution in [0.5, 0.6) is 0 Å². The molecule has 1 heterocycles. The number of H-pyrrole nitrogens is 1. The number of rotatable bonds is 12. The number of nitrogens with one attached hydrogen (secondary N) is 3. The summed E-state index contributed by atoms with van der Waals surface area (Å²) in [4.78, 5) is 43.2. The second-order valence-electron chi connectivity index (χ2n) is 9.07. The number of amides is 3. The number of halogens is 3. The van der Waals surface area contributed by atoms with Gasteiger partial charge in [0.15, 0.2) is 6.20 Å². The zero-order valence-corrected chi connectivity index (χ0v) is 21.5. The highest BCUT2D eigenvalue weighted by molar-refractivity contribution is 5.98. The van der Waals surface area contributed by atoms with Crippen molar-refractivity contribution in [2.45, 2.75) is 37.9 Å². The van der Waals surface area contributed by atoms with Crippen LogP contribution in [0.25, 0.3) is 10.9 Å². The Balaban J connectivity index is 1.73. The largest absolute Gasteiger partial charge is 0.416 e. The first-order valence-corrected chi connectivity index (χ1v) is 12.6. The molecule has 0 saturated heterocycles. The Bertz CT molecular complexity index is 1280. The Morgan fingerprint density at radius 1 is 1.03 bits per heavy atom. The fourth-order valence-corrected chi connectivity index (χ4v) is 4.08. The van der Waals surface area contributed by atoms with Crippen molar-refractivity contribution in [3.8, 4) is 0 Å². The van der Waals surface area contributed by atoms with Crippen LogP contribution < -0.4 is 21.4 Å². The van der Waals surface area contributed by atoms with Crippen molar-refractivity contribution in [2.24, 2.45) is 0 Å². The molecule has 0 spiro atoms. The van der Waals surface area contributed by atoms with E-state index >= 15 is 0 Å². The van der Waals surface area contributed by atoms with E-state index in [1.165, 1.54) is 12.1 Å². The average molecular weight is 545 g/mol. The van der Waals surface area contributed by atoms with E-state index in [9.17, 15) is 27.6 Å². The van der Waals surface area contributed by atoms with Crippen LogP contribution in [0.2, 0.25) is 0 Å². The summed E-state index contributed by atoms with van der Waals surface area (Å²) in [6.07, 6.45) is -2.60. The molecule has 8 nitrogen and oxygen atoms in total. The van der Waals surface area contributed by atoms with Gasteiger partial charge >= 0.3 is 6.18 Å². The third kappa shape index (κ3) is 8.71. The summed E-state index contributed by atoms with van der Waals surface area (Å²) in [5, 5.41) is 6.26. The van der Waals surface area contributed by atoms with Gasteiger partial charge in [-0.15, -0.1) is 0 Å². The summed E-state index contributed by atoms with van der Waals surface area (Å²) < 4.78 is 38.9. The molecule has 3 aromatic rings. The molecule has 11 heteroatoms. The van der Waals surface area contributed by atoms with Gasteiger partial charge in [-0.25, -0.2) is 4.98 Å². The van der Waals surface area contributed by atoms with Gasteiger partial charge in [0, 0.05) is 30.7 Å². The van der Waals surface area contributed by atoms with E-state index in [0.29, 0.717) is 37.3 Å². The Labute approximate surface area is 224 Å². The van der Waals surface area contributed by atoms with Gasteiger partial charge in [-0.05, 0) is 29.8 Å². The third-order valence-corrected chi connectivity index (χ3v) is 6.07. The zero-order chi connectivity index (χ0) is 28.4. The highest BCUT2D eigenvalue weighted by atomic mass is 19.4. The Hall–Kier alpha value is -4.12. The van der Waals surface area contributed by atoms with E-state index < -0.39 is 29.6 Å². The number of carbonyl (C=O) groups excluding carboxylic acids is 3. The number of hydrogen-bond donors (Lipinski definition) is 3. The Kier molecular flexibility index (Phi) is 10.3. The standard InChI is InChI=1S/C28H30F3N5O3/c1-2-14-36(15-13-32)26(38)12-11-25(37)35-24(16-19-7-9-21(10-8-19)28(29,30)31)27(39)34-22-17-20-5-3-4-6-23(20)33-18-22/h3-10,17-18,24H,1-2,11-16,32H2,(H-,34,35,37,39)/p+3. The lowest BCUT2D eigenvalue weighted by atomic mass is 10.0. The van der Waals surface area contributed by atoms with Crippen molar-refractivity contribution in [3.63, 3.8) is 0 Å². The van der Waals surface area contributed by atoms with Crippen molar-refractivity contribution in [2.75, 3.05) is 25.0 Å². The lowest BCUT2D eigenvalue weighted by molar-refractivity contribution is -0.368. The van der Waals surface area contributed by atoms with Crippen LogP contribution in [-0.4, -0.2) is 48.3 Å². The maximum Gasteiger partial charge on any atom is 0.416 e. The van der Waals surface area contributed by atoms with E-state index in [1.807, 2.05) is 24.3 Å². The van der Waals surface area contributed by atoms with E-state index in [1.54, 1.807) is 17.2 Å². The molecule has 3 amide bonds. The molecular weight excluding hydrogens is 511 g/mol. The lowest BCUT2D eigenvalue weighted by Gasteiger charge is -2.20. The highest BCUT2D eigenvalue weighted by Gasteiger charge is 2.30. The van der Waals surface area contributed by atoms with Gasteiger partial charge in [-0.1, -0.05) is 24.3 Å². The molecule has 39 heavy (non-hydrogen) atoms. The summed E-state index contributed by atoms with van der Waals surface area (Å²) in [5.41, 5.74) is 4.69. The van der Waals surface area contributed by atoms with Crippen molar-refractivity contribution >= 4 is 34.3 Å². The first-order chi connectivity index (χ1) is 18.6. The van der Waals surface area contributed by atoms with Crippen LogP contribution in [0.15, 0.2) is 60.8 Å². The first kappa shape index (κ1) is 29.4. The molecule has 0 saturated carbocycles. The third-order valence-electron chi connectivity index (χ3n) is 6.07. The number of fused-ring (bicyclic) bond motifs is 1. The number of pyridine rings is 1. The van der Waals surface area contributed by atoms with Gasteiger partial charge in [0.05, 0.1) is 32.1 Å². The quantitative estimate of drug-likeness (QED) is 0.304. The molecule has 0 radical (unpaired) electrons. The zero-order valence-electron chi connectivity index (χ0n) is 21.5. The minimum absolute atomic E-state index is 0.0455. The van der Waals surface area contributed by atoms with E-state index in [4.69, 9.17) is 0 Å². The van der Waals surface area contributed by atoms with Gasteiger partial charge in [0.25, 0.3) is 0 Å². The average Bonchev–Trinajstić information content (AvgIpc) is 2.91. The van der Waals surface area contributed by atoms with Gasteiger partial charge in [0.1, 0.15) is 18.2 Å². The number of nitrogens with zero attached hydrogens (tertiary/aromatic N) is 1. The van der Waals surface area contributed by atoms with Crippen LogP contribution in [0.1, 0.15) is 30.4 Å². The molecule has 2 aromatic carbocycles. The van der Waals surface area contributed by atoms with Crippen LogP contribution in [0, 0.1) is 6.92 Å². The summed E-state index contributed by atoms with van der Waals surface area (Å²) in [5.74, 6) is -1.29. The number of aromatic nitrogens is 1. The molecule has 0 aliphatic carbocycles. The summed E-state index contributed by atoms with van der Waals surface area (Å²) in [6, 6.07) is 12.6. The van der Waals surface area contributed by atoms with Gasteiger partial charge in [-0.2, -0.15) is 13.2 Å². The minimum atomic E-state index is -4.49. The minimum Gasteiger partial charge on any atom is -0.356 e. The molecule has 0 fully saturated rings. The number of alkyl halides is 3. The Morgan fingerprint density at radius 3 is 2.41 bits per heavy atom. The molecule has 0 aliphatic heterocycles. The number of aromatic amines is 1. The second-order valence-corrected chi connectivity index (χ2v) is 9.07. The van der Waals surface area contributed by atoms with Crippen LogP contribution in [0.4, 0.5) is 18.9 Å². The van der Waals surface area contributed by atoms with Gasteiger partial charge in [0.2, 0.25) is 23.2 Å². The normalized spacial score (nSPS) is 12.1. The topological polar surface area (TPSA) is 120 Å². The molecule has 1 aromatic heterocycles. The van der Waals surface area contributed by atoms with Gasteiger partial charge < -0.3 is 21.3 Å². The van der Waals surface area contributed by atoms with Crippen LogP contribution >= 0.6 is 0 Å². The second kappa shape index (κ2) is 13.6. The van der Waals surface area contributed by atoms with Crippen molar-refractivity contribution in [1.82, 2.24) is 10.2 Å². The summed E-state index contributed by atoms with van der Waals surface area (Å²) in [6.45, 7) is 5.19. The SMILES string of the molecule is [CH2+]CCN(CC[NH3+])C(=O)CCC(=O)NC(Cc1ccc(C(F)(F)F)cc1)C(=O)Nc1c[nH+]c2ccccc2c1. The maximum atomic E-state index is 13.2. The molecular formula is C28H33F3N5O3+3. The van der Waals surface area contributed by atoms with E-state index in [2.05, 4.69) is 28.3 Å². The number of anilines is 1. The highest BCUT2D eigenvalue weighted by Crippen LogP contribution is 2.29. The van der Waals surface area contributed by atoms with Crippen LogP contribution in [-0.2, 0) is 27.0 Å². The molecule has 0 aliphatic rings. The van der Waals surface area contributed by atoms with E-state index in [-0.39, 0.29) is 25.2 Å². The maximum absolute atomic E-state index is 13.2. The molecule has 6 N–H and O–H groups in total. The molecule has 0 bridgehead atoms. The summed E-state index contributed by atoms with van der Waals surface area (Å²) >= 11 is 0. The molecule has 3 rings (SSSR count). The predicted octanol–water partition coefficient (Wildman–Crippen LogP) is 2.41. The van der Waals surface area contributed by atoms with Crippen LogP contribution in [0.3, 0.4) is 0 Å². The number of quaternary nitrogens is 1. The van der Waals surface area contributed by atoms with Crippen molar-refractivity contribution in [3.05, 3.63) is 78.8 Å². The van der Waals surface area contributed by atoms with Crippen molar-refractivity contribution < 1.29 is 38.3 Å². The number of benzene rings is 2. The molecule has 1 unspecified atom stereocenters. The fourth-order valence-electron chi connectivity index (χ4n) is 4.08. The van der Waals surface area contributed by atoms with E-state index in [0.717, 1.165) is 23.0 Å². The smallest absolute Gasteiger partial charge is 0.356 e. The lowest BCUT2D eigenvalue weighted by Crippen LogP contribution is -2.55. The number of para-hydroxylation sites is 1. The summed E-state index contributed by atoms with van der Waals surface area (Å²) in [7, 11) is 0. The number of carbonyl (C=O) groups is 3. The Morgan fingerprint density at radius 2 is 1.74 bits per heavy atom.